The summed E-state index contributed by atoms with van der Waals surface area (Å²) in [6.07, 6.45) is -62.3. The van der Waals surface area contributed by atoms with Crippen LogP contribution in [0.15, 0.2) is 0 Å². The zero-order chi connectivity index (χ0) is 63.9. The van der Waals surface area contributed by atoms with E-state index in [-0.39, 0.29) is 6.29 Å². The van der Waals surface area contributed by atoms with Gasteiger partial charge in [-0.2, -0.15) is 0 Å². The fraction of sp³-hybridized carbons (Fsp3) is 0.917. The summed E-state index contributed by atoms with van der Waals surface area (Å²) >= 11 is 0. The Bertz CT molecular complexity index is 2150. The zero-order valence-electron chi connectivity index (χ0n) is 46.5. The number of ether oxygens (including phenoxy) is 12. The van der Waals surface area contributed by atoms with E-state index in [1.807, 2.05) is 0 Å². The topological polar surface area (TPSA) is 600 Å². The van der Waals surface area contributed by atoms with Gasteiger partial charge in [-0.15, -0.1) is 0 Å². The van der Waals surface area contributed by atoms with Gasteiger partial charge in [0.1, 0.15) is 171 Å². The van der Waals surface area contributed by atoms with Crippen molar-refractivity contribution in [3.8, 4) is 0 Å². The average Bonchev–Trinajstić information content (AvgIpc) is 1.10. The molecule has 6 heterocycles. The van der Waals surface area contributed by atoms with E-state index in [1.165, 1.54) is 6.92 Å². The second kappa shape index (κ2) is 31.7. The lowest BCUT2D eigenvalue weighted by molar-refractivity contribution is -0.397. The standard InChI is InChI=1S/C48H81N3O35/c1-12-25(61)32(68)35(71)45(77-12)75-10-17(60)39(26(62)16(5-52)49-13(2)57)83-44-24(51-15(4)59)31(67)40(21(9-56)81-44)84-48-38(74)42(86-47-37(73)34(70)29(65)20(8-55)80-47)41(85-43-23(50-14(3)58)30(66)27(63)18(6-53)78-43)22(82-48)11-76-46-36(72)33(69)28(64)19(7-54)79-46/h5,12,16-48,53-56,60-74H,6-11H2,1-4H3,(H,49,57)(H,50,58)(H,51,59)/t12-,16-,17+,18+,19+,20+,21+,22+,23+,24+,25+,26+,27+,28+,29+,30+,31+,32+,33-,34-,35-,36-,37-,38-,39+,40+,41+,42+,43-,44-,45+,46-,47+,48-/m0/s1. The molecule has 6 aliphatic heterocycles. The van der Waals surface area contributed by atoms with Gasteiger partial charge in [0.15, 0.2) is 37.7 Å². The molecular formula is C48H81N3O35. The Hall–Kier alpha value is -3.16. The lowest BCUT2D eigenvalue weighted by atomic mass is 9.94. The highest BCUT2D eigenvalue weighted by Crippen LogP contribution is 2.37. The Labute approximate surface area is 488 Å². The van der Waals surface area contributed by atoms with Crippen molar-refractivity contribution in [2.45, 2.75) is 236 Å². The third-order valence-corrected chi connectivity index (χ3v) is 15.2. The van der Waals surface area contributed by atoms with Gasteiger partial charge in [-0.1, -0.05) is 0 Å². The lowest BCUT2D eigenvalue weighted by Gasteiger charge is -2.51. The minimum Gasteiger partial charge on any atom is -0.394 e. The molecule has 6 saturated heterocycles. The second-order valence-electron chi connectivity index (χ2n) is 21.5. The number of amides is 3. The Morgan fingerprint density at radius 3 is 1.41 bits per heavy atom. The van der Waals surface area contributed by atoms with E-state index in [4.69, 9.17) is 56.8 Å². The molecule has 0 aromatic rings. The Balaban J connectivity index is 1.39. The van der Waals surface area contributed by atoms with E-state index in [9.17, 15) is 116 Å². The van der Waals surface area contributed by atoms with Crippen LogP contribution in [0.25, 0.3) is 0 Å². The van der Waals surface area contributed by atoms with Crippen LogP contribution in [-0.4, -0.2) is 369 Å². The number of carbonyl (C=O) groups is 4. The number of rotatable bonds is 25. The van der Waals surface area contributed by atoms with E-state index in [1.54, 1.807) is 0 Å². The van der Waals surface area contributed by atoms with Gasteiger partial charge in [0.05, 0.1) is 45.7 Å². The summed E-state index contributed by atoms with van der Waals surface area (Å²) in [6, 6.07) is -5.67. The SMILES string of the molecule is CC(=O)N[C@H]1[C@H](O[C@@H]([C@H](O)[C@H](C=O)NC(C)=O)[C@H](O)CO[C@@H]2O[C@@H](C)[C@@H](O)[C@@H](O)[C@@H]2O)O[C@H](CO)[C@@H](O[C@@H]2O[C@H](CO[C@H]3O[C@H](CO)[C@@H](O)[C@H](O)[C@@H]3O)[C@@H](O[C@@H]3O[C@H](CO)[C@@H](O)[C@H](O)[C@H]3NC(C)=O)[C@H](O[C@H]3O[C@H](CO)[C@@H](O)[C@H](O)[C@@H]3O)[C@@H]2O)[C@@H]1O. The summed E-state index contributed by atoms with van der Waals surface area (Å²) in [5.41, 5.74) is 0. The van der Waals surface area contributed by atoms with Crippen LogP contribution in [0.2, 0.25) is 0 Å². The fourth-order valence-electron chi connectivity index (χ4n) is 10.5. The van der Waals surface area contributed by atoms with Gasteiger partial charge >= 0.3 is 0 Å². The van der Waals surface area contributed by atoms with Crippen molar-refractivity contribution in [1.82, 2.24) is 16.0 Å². The minimum atomic E-state index is -2.47. The number of nitrogens with one attached hydrogen (secondary N) is 3. The van der Waals surface area contributed by atoms with Crippen LogP contribution in [0.1, 0.15) is 27.7 Å². The molecule has 0 radical (unpaired) electrons. The molecule has 0 aromatic heterocycles. The first-order valence-electron chi connectivity index (χ1n) is 27.2. The molecule has 0 bridgehead atoms. The first kappa shape index (κ1) is 71.9. The molecule has 6 rings (SSSR count). The minimum absolute atomic E-state index is 0.0383. The van der Waals surface area contributed by atoms with Crippen LogP contribution in [0.5, 0.6) is 0 Å². The van der Waals surface area contributed by atoms with E-state index >= 15 is 0 Å². The van der Waals surface area contributed by atoms with E-state index < -0.39 is 266 Å². The third-order valence-electron chi connectivity index (χ3n) is 15.2. The molecule has 0 aromatic carbocycles. The largest absolute Gasteiger partial charge is 0.394 e. The van der Waals surface area contributed by atoms with Gasteiger partial charge in [0.25, 0.3) is 0 Å². The Morgan fingerprint density at radius 1 is 0.453 bits per heavy atom. The predicted molar refractivity (Wildman–Crippen MR) is 266 cm³/mol. The molecule has 34 atom stereocenters. The summed E-state index contributed by atoms with van der Waals surface area (Å²) in [5, 5.41) is 213. The highest BCUT2D eigenvalue weighted by atomic mass is 16.8. The van der Waals surface area contributed by atoms with Crippen molar-refractivity contribution in [2.24, 2.45) is 0 Å². The van der Waals surface area contributed by atoms with Gasteiger partial charge in [-0.05, 0) is 6.92 Å². The Morgan fingerprint density at radius 2 is 0.884 bits per heavy atom. The average molecular weight is 1260 g/mol. The molecule has 0 aliphatic carbocycles. The number of aliphatic hydroxyl groups is 19. The van der Waals surface area contributed by atoms with Gasteiger partial charge in [-0.3, -0.25) is 14.4 Å². The summed E-state index contributed by atoms with van der Waals surface area (Å²) in [7, 11) is 0. The first-order chi connectivity index (χ1) is 40.5. The number of carbonyl (C=O) groups excluding carboxylic acids is 4. The highest BCUT2D eigenvalue weighted by molar-refractivity contribution is 5.77. The number of hydrogen-bond acceptors (Lipinski definition) is 35. The fourth-order valence-corrected chi connectivity index (χ4v) is 10.5. The van der Waals surface area contributed by atoms with Gasteiger partial charge in [0, 0.05) is 20.8 Å². The molecule has 6 aliphatic rings. The molecule has 0 saturated carbocycles. The molecule has 38 heteroatoms. The molecular weight excluding hydrogens is 1180 g/mol. The highest BCUT2D eigenvalue weighted by Gasteiger charge is 2.58. The summed E-state index contributed by atoms with van der Waals surface area (Å²) in [6.45, 7) is -2.09. The first-order valence-corrected chi connectivity index (χ1v) is 27.2. The monoisotopic (exact) mass is 1260 g/mol. The Kier molecular flexibility index (Phi) is 26.5. The molecule has 22 N–H and O–H groups in total. The molecule has 3 amide bonds. The van der Waals surface area contributed by atoms with Crippen molar-refractivity contribution in [3.05, 3.63) is 0 Å². The summed E-state index contributed by atoms with van der Waals surface area (Å²) in [4.78, 5) is 49.8. The van der Waals surface area contributed by atoms with E-state index in [2.05, 4.69) is 16.0 Å². The maximum Gasteiger partial charge on any atom is 0.217 e. The van der Waals surface area contributed by atoms with E-state index in [0.717, 1.165) is 20.8 Å². The van der Waals surface area contributed by atoms with Crippen LogP contribution in [-0.2, 0) is 76.0 Å². The molecule has 0 spiro atoms. The molecule has 498 valence electrons. The van der Waals surface area contributed by atoms with Crippen molar-refractivity contribution in [3.63, 3.8) is 0 Å². The molecule has 6 fully saturated rings. The molecule has 86 heavy (non-hydrogen) atoms. The maximum absolute atomic E-state index is 12.9. The lowest BCUT2D eigenvalue weighted by Crippen LogP contribution is -2.70. The van der Waals surface area contributed by atoms with Crippen molar-refractivity contribution < 1.29 is 173 Å². The van der Waals surface area contributed by atoms with Crippen molar-refractivity contribution in [1.29, 1.82) is 0 Å². The number of hydrogen-bond donors (Lipinski definition) is 22. The van der Waals surface area contributed by atoms with Crippen molar-refractivity contribution in [2.75, 3.05) is 39.6 Å². The zero-order valence-corrected chi connectivity index (χ0v) is 46.5. The van der Waals surface area contributed by atoms with Crippen LogP contribution in [0.3, 0.4) is 0 Å². The number of aliphatic hydroxyl groups excluding tert-OH is 19. The summed E-state index contributed by atoms with van der Waals surface area (Å²) in [5.74, 6) is -2.71. The maximum atomic E-state index is 12.9. The van der Waals surface area contributed by atoms with Crippen LogP contribution in [0.4, 0.5) is 0 Å². The normalized spacial score (nSPS) is 45.4. The second-order valence-corrected chi connectivity index (χ2v) is 21.5. The van der Waals surface area contributed by atoms with Crippen molar-refractivity contribution >= 4 is 24.0 Å². The molecule has 38 nitrogen and oxygen atoms in total. The quantitative estimate of drug-likeness (QED) is 0.0377. The van der Waals surface area contributed by atoms with Crippen LogP contribution >= 0.6 is 0 Å². The van der Waals surface area contributed by atoms with Gasteiger partial charge in [-0.25, -0.2) is 0 Å². The van der Waals surface area contributed by atoms with Crippen LogP contribution < -0.4 is 16.0 Å². The van der Waals surface area contributed by atoms with E-state index in [0.29, 0.717) is 0 Å². The smallest absolute Gasteiger partial charge is 0.217 e. The third kappa shape index (κ3) is 16.5. The van der Waals surface area contributed by atoms with Gasteiger partial charge < -0.3 is 175 Å². The van der Waals surface area contributed by atoms with Crippen LogP contribution in [0, 0.1) is 0 Å². The summed E-state index contributed by atoms with van der Waals surface area (Å²) < 4.78 is 70.2. The van der Waals surface area contributed by atoms with Gasteiger partial charge in [0.2, 0.25) is 17.7 Å². The molecule has 0 unspecified atom stereocenters. The number of aldehydes is 1. The predicted octanol–water partition coefficient (Wildman–Crippen LogP) is -15.0.